The molecule has 0 unspecified atom stereocenters. The average molecular weight is 380 g/mol. The monoisotopic (exact) mass is 380 g/mol. The van der Waals surface area contributed by atoms with E-state index in [0.29, 0.717) is 11.3 Å². The highest BCUT2D eigenvalue weighted by Crippen LogP contribution is 2.31. The van der Waals surface area contributed by atoms with Gasteiger partial charge in [0.25, 0.3) is 11.8 Å². The van der Waals surface area contributed by atoms with E-state index in [9.17, 15) is 19.5 Å². The highest BCUT2D eigenvalue weighted by atomic mass is 16.5. The van der Waals surface area contributed by atoms with Gasteiger partial charge in [-0.1, -0.05) is 23.8 Å². The summed E-state index contributed by atoms with van der Waals surface area (Å²) in [7, 11) is 1.42. The second-order valence-corrected chi connectivity index (χ2v) is 6.64. The van der Waals surface area contributed by atoms with Gasteiger partial charge in [-0.3, -0.25) is 14.9 Å². The van der Waals surface area contributed by atoms with Gasteiger partial charge in [0.2, 0.25) is 0 Å². The van der Waals surface area contributed by atoms with Crippen molar-refractivity contribution in [1.29, 1.82) is 0 Å². The number of aryl methyl sites for hydroxylation is 3. The third-order valence-corrected chi connectivity index (χ3v) is 4.47. The molecule has 28 heavy (non-hydrogen) atoms. The van der Waals surface area contributed by atoms with Crippen LogP contribution >= 0.6 is 0 Å². The molecule has 0 aromatic heterocycles. The van der Waals surface area contributed by atoms with Crippen LogP contribution in [0.1, 0.15) is 22.3 Å². The van der Waals surface area contributed by atoms with Gasteiger partial charge in [0.05, 0.1) is 12.8 Å². The number of carbonyl (C=O) groups excluding carboxylic acids is 3. The van der Waals surface area contributed by atoms with Crippen LogP contribution in [0.4, 0.5) is 10.5 Å². The highest BCUT2D eigenvalue weighted by molar-refractivity contribution is 6.39. The molecule has 0 radical (unpaired) electrons. The van der Waals surface area contributed by atoms with E-state index in [1.54, 1.807) is 19.9 Å². The first-order chi connectivity index (χ1) is 13.2. The summed E-state index contributed by atoms with van der Waals surface area (Å²) in [5.74, 6) is -1.37. The summed E-state index contributed by atoms with van der Waals surface area (Å²) < 4.78 is 4.99. The van der Waals surface area contributed by atoms with Gasteiger partial charge in [0, 0.05) is 0 Å². The zero-order valence-electron chi connectivity index (χ0n) is 16.0. The van der Waals surface area contributed by atoms with Gasteiger partial charge in [0.1, 0.15) is 5.57 Å². The van der Waals surface area contributed by atoms with E-state index in [1.807, 2.05) is 19.1 Å². The van der Waals surface area contributed by atoms with Crippen LogP contribution in [0, 0.1) is 20.8 Å². The van der Waals surface area contributed by atoms with Gasteiger partial charge < -0.3 is 9.84 Å². The molecule has 3 rings (SSSR count). The Morgan fingerprint density at radius 3 is 2.25 bits per heavy atom. The molecule has 0 spiro atoms. The van der Waals surface area contributed by atoms with E-state index in [1.165, 1.54) is 25.3 Å². The van der Waals surface area contributed by atoms with Gasteiger partial charge in [0.15, 0.2) is 11.5 Å². The van der Waals surface area contributed by atoms with E-state index in [0.717, 1.165) is 21.6 Å². The maximum atomic E-state index is 13.0. The Morgan fingerprint density at radius 2 is 1.68 bits per heavy atom. The second kappa shape index (κ2) is 7.19. The fourth-order valence-corrected chi connectivity index (χ4v) is 3.35. The average Bonchev–Trinajstić information content (AvgIpc) is 2.60. The Kier molecular flexibility index (Phi) is 4.92. The predicted molar refractivity (Wildman–Crippen MR) is 104 cm³/mol. The summed E-state index contributed by atoms with van der Waals surface area (Å²) in [6.45, 7) is 5.53. The molecule has 1 aliphatic rings. The van der Waals surface area contributed by atoms with E-state index < -0.39 is 17.8 Å². The maximum Gasteiger partial charge on any atom is 0.335 e. The fraction of sp³-hybridized carbons (Fsp3) is 0.190. The lowest BCUT2D eigenvalue weighted by Crippen LogP contribution is -2.54. The van der Waals surface area contributed by atoms with Crippen molar-refractivity contribution in [1.82, 2.24) is 5.32 Å². The summed E-state index contributed by atoms with van der Waals surface area (Å²) in [6, 6.07) is 7.42. The third-order valence-electron chi connectivity index (χ3n) is 4.47. The molecule has 0 atom stereocenters. The molecule has 4 amide bonds. The van der Waals surface area contributed by atoms with Crippen LogP contribution in [0.5, 0.6) is 11.5 Å². The number of nitrogens with zero attached hydrogens (tertiary/aromatic N) is 1. The van der Waals surface area contributed by atoms with Gasteiger partial charge in [-0.15, -0.1) is 0 Å². The minimum atomic E-state index is -0.792. The molecule has 0 aliphatic carbocycles. The Labute approximate surface area is 162 Å². The summed E-state index contributed by atoms with van der Waals surface area (Å²) >= 11 is 0. The number of barbiturate groups is 1. The Hall–Kier alpha value is -3.61. The van der Waals surface area contributed by atoms with Crippen molar-refractivity contribution in [2.45, 2.75) is 20.8 Å². The van der Waals surface area contributed by atoms with E-state index in [4.69, 9.17) is 4.74 Å². The van der Waals surface area contributed by atoms with Crippen molar-refractivity contribution in [3.63, 3.8) is 0 Å². The van der Waals surface area contributed by atoms with E-state index in [-0.39, 0.29) is 17.1 Å². The van der Waals surface area contributed by atoms with E-state index in [2.05, 4.69) is 5.32 Å². The fourth-order valence-electron chi connectivity index (χ4n) is 3.35. The zero-order chi connectivity index (χ0) is 20.6. The summed E-state index contributed by atoms with van der Waals surface area (Å²) in [4.78, 5) is 38.7. The van der Waals surface area contributed by atoms with Crippen LogP contribution in [-0.2, 0) is 9.59 Å². The molecule has 0 bridgehead atoms. The molecule has 1 saturated heterocycles. The minimum Gasteiger partial charge on any atom is -0.504 e. The molecule has 1 heterocycles. The normalized spacial score (nSPS) is 15.8. The number of nitrogens with one attached hydrogen (secondary N) is 1. The topological polar surface area (TPSA) is 95.9 Å². The maximum absolute atomic E-state index is 13.0. The molecule has 0 saturated carbocycles. The standard InChI is InChI=1S/C21H20N2O5/c1-11-7-12(2)18(13(3)8-11)23-20(26)15(19(25)22-21(23)27)9-14-5-6-17(28-4)16(24)10-14/h5-10,24H,1-4H3,(H,22,25,27). The zero-order valence-corrected chi connectivity index (χ0v) is 16.0. The number of phenols is 1. The number of methoxy groups -OCH3 is 1. The van der Waals surface area contributed by atoms with Crippen molar-refractivity contribution in [3.05, 3.63) is 58.2 Å². The van der Waals surface area contributed by atoms with Gasteiger partial charge in [-0.2, -0.15) is 0 Å². The van der Waals surface area contributed by atoms with Crippen LogP contribution in [0.25, 0.3) is 6.08 Å². The molecular weight excluding hydrogens is 360 g/mol. The van der Waals surface area contributed by atoms with Crippen LogP contribution < -0.4 is 15.0 Å². The molecule has 7 heteroatoms. The largest absolute Gasteiger partial charge is 0.504 e. The number of aromatic hydroxyl groups is 1. The lowest BCUT2D eigenvalue weighted by molar-refractivity contribution is -0.122. The van der Waals surface area contributed by atoms with Crippen molar-refractivity contribution >= 4 is 29.6 Å². The first kappa shape index (κ1) is 19.2. The van der Waals surface area contributed by atoms with Gasteiger partial charge in [-0.25, -0.2) is 9.69 Å². The number of anilines is 1. The van der Waals surface area contributed by atoms with Crippen molar-refractivity contribution in [2.24, 2.45) is 0 Å². The Balaban J connectivity index is 2.07. The van der Waals surface area contributed by atoms with Crippen LogP contribution in [0.2, 0.25) is 0 Å². The number of hydrogen-bond donors (Lipinski definition) is 2. The smallest absolute Gasteiger partial charge is 0.335 e. The number of carbonyl (C=O) groups is 3. The molecular formula is C21H20N2O5. The van der Waals surface area contributed by atoms with Gasteiger partial charge in [-0.05, 0) is 55.7 Å². The molecule has 7 nitrogen and oxygen atoms in total. The SMILES string of the molecule is COc1ccc(C=C2C(=O)NC(=O)N(c3c(C)cc(C)cc3C)C2=O)cc1O. The molecule has 1 fully saturated rings. The molecule has 2 aromatic carbocycles. The lowest BCUT2D eigenvalue weighted by atomic mass is 10.0. The lowest BCUT2D eigenvalue weighted by Gasteiger charge is -2.29. The predicted octanol–water partition coefficient (Wildman–Crippen LogP) is 2.99. The van der Waals surface area contributed by atoms with Crippen LogP contribution in [0.3, 0.4) is 0 Å². The summed E-state index contributed by atoms with van der Waals surface area (Å²) in [5.41, 5.74) is 3.16. The van der Waals surface area contributed by atoms with Crippen molar-refractivity contribution < 1.29 is 24.2 Å². The number of phenolic OH excluding ortho intramolecular Hbond substituents is 1. The number of hydrogen-bond acceptors (Lipinski definition) is 5. The number of ether oxygens (including phenoxy) is 1. The Morgan fingerprint density at radius 1 is 1.04 bits per heavy atom. The molecule has 1 aliphatic heterocycles. The highest BCUT2D eigenvalue weighted by Gasteiger charge is 2.38. The number of amides is 4. The van der Waals surface area contributed by atoms with Crippen LogP contribution in [0.15, 0.2) is 35.9 Å². The summed E-state index contributed by atoms with van der Waals surface area (Å²) in [6.07, 6.45) is 1.33. The molecule has 144 valence electrons. The third kappa shape index (κ3) is 3.34. The summed E-state index contributed by atoms with van der Waals surface area (Å²) in [5, 5.41) is 12.1. The first-order valence-corrected chi connectivity index (χ1v) is 8.59. The minimum absolute atomic E-state index is 0.126. The number of rotatable bonds is 3. The molecule has 2 aromatic rings. The first-order valence-electron chi connectivity index (χ1n) is 8.59. The second-order valence-electron chi connectivity index (χ2n) is 6.64. The van der Waals surface area contributed by atoms with Gasteiger partial charge >= 0.3 is 6.03 Å². The Bertz CT molecular complexity index is 1020. The van der Waals surface area contributed by atoms with Crippen molar-refractivity contribution in [2.75, 3.05) is 12.0 Å². The quantitative estimate of drug-likeness (QED) is 0.630. The number of imide groups is 2. The number of urea groups is 1. The van der Waals surface area contributed by atoms with Crippen LogP contribution in [-0.4, -0.2) is 30.1 Å². The van der Waals surface area contributed by atoms with E-state index >= 15 is 0 Å². The number of benzene rings is 2. The molecule has 2 N–H and O–H groups in total. The van der Waals surface area contributed by atoms with Crippen molar-refractivity contribution in [3.8, 4) is 11.5 Å².